The fourth-order valence-corrected chi connectivity index (χ4v) is 8.69. The number of hydrogen-bond donors (Lipinski definition) is 9. The highest BCUT2D eigenvalue weighted by Gasteiger charge is 2.82. The highest BCUT2D eigenvalue weighted by molar-refractivity contribution is 9.13. The number of rotatable bonds is 6. The number of carbonyl (C=O) groups excluding carboxylic acids is 2. The van der Waals surface area contributed by atoms with E-state index in [2.05, 4.69) is 99.6 Å². The number of carbonyl (C=O) groups is 2. The van der Waals surface area contributed by atoms with Gasteiger partial charge in [0, 0.05) is 24.9 Å². The minimum Gasteiger partial charge on any atom is -0.370 e. The number of amides is 2. The molecule has 0 radical (unpaired) electrons. The predicted octanol–water partition coefficient (Wildman–Crippen LogP) is 0.656. The van der Waals surface area contributed by atoms with Gasteiger partial charge in [0.15, 0.2) is 30.0 Å². The van der Waals surface area contributed by atoms with Crippen molar-refractivity contribution in [3.8, 4) is 0 Å². The van der Waals surface area contributed by atoms with Crippen molar-refractivity contribution in [1.82, 2.24) is 30.8 Å². The summed E-state index contributed by atoms with van der Waals surface area (Å²) in [5, 5.41) is 31.1. The molecule has 1 saturated heterocycles. The number of aliphatic imine (C=N–C) groups is 2. The SMILES string of the molecule is NC1=NC2N3C(N)=NC(O)C34C(Cl)C(CNC(=O)c3cc(Br)c(Br)[nH]3)C(CNC(=O)c3cc(Br)c(Br)[nH]3)C4C2(O)N1. The molecule has 0 bridgehead atoms. The molecule has 220 valence electrons. The topological polar surface area (TPSA) is 222 Å². The molecule has 19 heteroatoms. The van der Waals surface area contributed by atoms with Crippen molar-refractivity contribution in [3.05, 3.63) is 41.7 Å². The van der Waals surface area contributed by atoms with Gasteiger partial charge >= 0.3 is 0 Å². The van der Waals surface area contributed by atoms with E-state index in [9.17, 15) is 19.8 Å². The van der Waals surface area contributed by atoms with Gasteiger partial charge in [0.1, 0.15) is 16.9 Å². The van der Waals surface area contributed by atoms with Crippen LogP contribution < -0.4 is 27.4 Å². The largest absolute Gasteiger partial charge is 0.370 e. The number of guanidine groups is 2. The van der Waals surface area contributed by atoms with Crippen LogP contribution in [0.4, 0.5) is 0 Å². The van der Waals surface area contributed by atoms with E-state index in [1.54, 1.807) is 12.1 Å². The van der Waals surface area contributed by atoms with Crippen LogP contribution in [0.1, 0.15) is 21.0 Å². The van der Waals surface area contributed by atoms with Gasteiger partial charge in [-0.05, 0) is 81.8 Å². The lowest BCUT2D eigenvalue weighted by molar-refractivity contribution is -0.0560. The summed E-state index contributed by atoms with van der Waals surface area (Å²) >= 11 is 20.6. The van der Waals surface area contributed by atoms with Crippen LogP contribution in [-0.2, 0) is 0 Å². The number of fused-ring (bicyclic) bond motifs is 3. The lowest BCUT2D eigenvalue weighted by atomic mass is 9.77. The van der Waals surface area contributed by atoms with Crippen molar-refractivity contribution >= 4 is 99.1 Å². The van der Waals surface area contributed by atoms with Crippen LogP contribution in [-0.4, -0.2) is 90.9 Å². The minimum absolute atomic E-state index is 0.0138. The summed E-state index contributed by atoms with van der Waals surface area (Å²) in [7, 11) is 0. The molecular formula is C22H23Br4ClN10O4. The summed E-state index contributed by atoms with van der Waals surface area (Å²) in [5.74, 6) is -2.97. The quantitative estimate of drug-likeness (QED) is 0.188. The number of nitrogens with two attached hydrogens (primary N) is 2. The molecule has 2 fully saturated rings. The second-order valence-corrected chi connectivity index (χ2v) is 14.0. The fraction of sp³-hybridized carbons (Fsp3) is 0.455. The molecule has 3 aliphatic heterocycles. The number of aliphatic hydroxyl groups excluding tert-OH is 1. The molecule has 8 unspecified atom stereocenters. The van der Waals surface area contributed by atoms with E-state index in [0.717, 1.165) is 0 Å². The average molecular weight is 847 g/mol. The molecule has 4 aliphatic rings. The molecule has 8 atom stereocenters. The number of H-pyrrole nitrogens is 2. The van der Waals surface area contributed by atoms with Gasteiger partial charge in [0.2, 0.25) is 0 Å². The van der Waals surface area contributed by atoms with E-state index in [1.807, 2.05) is 0 Å². The Morgan fingerprint density at radius 2 is 1.54 bits per heavy atom. The Morgan fingerprint density at radius 3 is 2.05 bits per heavy atom. The van der Waals surface area contributed by atoms with E-state index < -0.39 is 58.6 Å². The number of nitrogens with one attached hydrogen (secondary N) is 5. The molecule has 1 saturated carbocycles. The van der Waals surface area contributed by atoms with E-state index in [1.165, 1.54) is 4.90 Å². The molecule has 0 aromatic carbocycles. The van der Waals surface area contributed by atoms with E-state index in [4.69, 9.17) is 23.1 Å². The Balaban J connectivity index is 1.35. The highest BCUT2D eigenvalue weighted by atomic mass is 79.9. The van der Waals surface area contributed by atoms with Crippen LogP contribution >= 0.6 is 75.3 Å². The summed E-state index contributed by atoms with van der Waals surface area (Å²) in [6, 6.07) is 3.24. The predicted molar refractivity (Wildman–Crippen MR) is 163 cm³/mol. The third kappa shape index (κ3) is 4.19. The number of nitrogens with zero attached hydrogens (tertiary/aromatic N) is 3. The van der Waals surface area contributed by atoms with Gasteiger partial charge in [-0.25, -0.2) is 9.98 Å². The minimum atomic E-state index is -1.80. The van der Waals surface area contributed by atoms with Crippen molar-refractivity contribution in [2.45, 2.75) is 29.0 Å². The van der Waals surface area contributed by atoms with Crippen LogP contribution in [0.25, 0.3) is 0 Å². The molecule has 41 heavy (non-hydrogen) atoms. The summed E-state index contributed by atoms with van der Waals surface area (Å²) in [5.41, 5.74) is 9.60. The zero-order valence-corrected chi connectivity index (χ0v) is 27.7. The van der Waals surface area contributed by atoms with Gasteiger partial charge in [-0.1, -0.05) is 0 Å². The fourth-order valence-electron chi connectivity index (χ4n) is 6.75. The zero-order valence-electron chi connectivity index (χ0n) is 20.6. The number of aromatic amines is 2. The lowest BCUT2D eigenvalue weighted by Gasteiger charge is -2.39. The maximum atomic E-state index is 13.1. The van der Waals surface area contributed by atoms with Crippen molar-refractivity contribution in [3.63, 3.8) is 0 Å². The van der Waals surface area contributed by atoms with Crippen LogP contribution in [0.3, 0.4) is 0 Å². The number of aromatic nitrogens is 2. The number of halogens is 5. The molecule has 14 nitrogen and oxygen atoms in total. The Hall–Kier alpha value is -1.83. The van der Waals surface area contributed by atoms with Gasteiger partial charge in [-0.3, -0.25) is 9.59 Å². The first-order chi connectivity index (χ1) is 19.3. The summed E-state index contributed by atoms with van der Waals surface area (Å²) in [6.07, 6.45) is -2.44. The van der Waals surface area contributed by atoms with Crippen molar-refractivity contribution in [2.24, 2.45) is 39.2 Å². The lowest BCUT2D eigenvalue weighted by Crippen LogP contribution is -2.61. The zero-order chi connectivity index (χ0) is 29.6. The van der Waals surface area contributed by atoms with Crippen molar-refractivity contribution in [1.29, 1.82) is 0 Å². The first-order valence-corrected chi connectivity index (χ1v) is 15.8. The Kier molecular flexibility index (Phi) is 7.22. The maximum absolute atomic E-state index is 13.1. The Labute approximate surface area is 271 Å². The molecule has 11 N–H and O–H groups in total. The van der Waals surface area contributed by atoms with E-state index in [0.29, 0.717) is 23.8 Å². The van der Waals surface area contributed by atoms with Crippen LogP contribution in [0, 0.1) is 17.8 Å². The third-order valence-electron chi connectivity index (χ3n) is 8.26. The first-order valence-electron chi connectivity index (χ1n) is 12.2. The molecule has 1 spiro atoms. The summed E-state index contributed by atoms with van der Waals surface area (Å²) in [4.78, 5) is 42.1. The molecule has 5 heterocycles. The summed E-state index contributed by atoms with van der Waals surface area (Å²) in [6.45, 7) is 0.0527. The molecular weight excluding hydrogens is 823 g/mol. The van der Waals surface area contributed by atoms with Crippen LogP contribution in [0.5, 0.6) is 0 Å². The smallest absolute Gasteiger partial charge is 0.267 e. The second-order valence-electron chi connectivity index (χ2n) is 10.3. The number of aliphatic hydroxyl groups is 2. The van der Waals surface area contributed by atoms with Crippen molar-refractivity contribution < 1.29 is 19.8 Å². The van der Waals surface area contributed by atoms with Gasteiger partial charge in [0.25, 0.3) is 11.8 Å². The van der Waals surface area contributed by atoms with Crippen molar-refractivity contribution in [2.75, 3.05) is 13.1 Å². The second kappa shape index (κ2) is 10.1. The molecule has 6 rings (SSSR count). The molecule has 2 aromatic rings. The van der Waals surface area contributed by atoms with E-state index in [-0.39, 0.29) is 30.7 Å². The molecule has 2 amide bonds. The number of hydrogen-bond acceptors (Lipinski definition) is 10. The van der Waals surface area contributed by atoms with Gasteiger partial charge in [0.05, 0.1) is 23.5 Å². The average Bonchev–Trinajstić information content (AvgIpc) is 3.67. The normalized spacial score (nSPS) is 35.0. The number of alkyl halides is 1. The van der Waals surface area contributed by atoms with Gasteiger partial charge in [-0.2, -0.15) is 0 Å². The van der Waals surface area contributed by atoms with Gasteiger partial charge < -0.3 is 52.5 Å². The van der Waals surface area contributed by atoms with Crippen LogP contribution in [0.2, 0.25) is 0 Å². The van der Waals surface area contributed by atoms with Crippen LogP contribution in [0.15, 0.2) is 40.3 Å². The highest BCUT2D eigenvalue weighted by Crippen LogP contribution is 2.63. The standard InChI is InChI=1S/C22H23Br4ClN10O4/c23-7-1-9(32-13(7)25)15(38)30-3-5-6(4-31-16(39)10-2-8(24)14(26)33-10)12(27)21-11(5)22(41)17(34-19(28)36-22)37(21)20(29)35-18(21)40/h1-2,5-6,11-12,17-18,32-33,40-41H,3-4H2,(H2,29,35)(H,30,38)(H,31,39)(H3,28,34,36). The monoisotopic (exact) mass is 842 g/mol. The van der Waals surface area contributed by atoms with E-state index >= 15 is 0 Å². The maximum Gasteiger partial charge on any atom is 0.267 e. The summed E-state index contributed by atoms with van der Waals surface area (Å²) < 4.78 is 2.54. The van der Waals surface area contributed by atoms with Gasteiger partial charge in [-0.15, -0.1) is 11.6 Å². The third-order valence-corrected chi connectivity index (χ3v) is 12.5. The molecule has 2 aromatic heterocycles. The molecule has 1 aliphatic carbocycles. The Bertz CT molecular complexity index is 1480. The first kappa shape index (κ1) is 29.3. The Morgan fingerprint density at radius 1 is 1.00 bits per heavy atom.